The third kappa shape index (κ3) is 6.10. The first-order chi connectivity index (χ1) is 14.1. The Morgan fingerprint density at radius 3 is 2.07 bits per heavy atom. The molecule has 0 heterocycles. The summed E-state index contributed by atoms with van der Waals surface area (Å²) >= 11 is 0. The van der Waals surface area contributed by atoms with Crippen LogP contribution in [0.1, 0.15) is 21.5 Å². The van der Waals surface area contributed by atoms with Crippen LogP contribution in [0.25, 0.3) is 0 Å². The summed E-state index contributed by atoms with van der Waals surface area (Å²) < 4.78 is 10.8. The average molecular weight is 390 g/mol. The number of hydrogen-bond donors (Lipinski definition) is 2. The van der Waals surface area contributed by atoms with E-state index in [0.29, 0.717) is 17.9 Å². The number of methoxy groups -OCH3 is 1. The van der Waals surface area contributed by atoms with E-state index in [9.17, 15) is 9.59 Å². The number of carbonyl (C=O) groups excluding carboxylic acids is 2. The molecule has 6 heteroatoms. The summed E-state index contributed by atoms with van der Waals surface area (Å²) in [4.78, 5) is 24.2. The van der Waals surface area contributed by atoms with Crippen LogP contribution in [0.15, 0.2) is 78.9 Å². The number of benzene rings is 3. The fourth-order valence-corrected chi connectivity index (χ4v) is 2.62. The molecule has 0 aliphatic carbocycles. The van der Waals surface area contributed by atoms with Crippen molar-refractivity contribution in [3.63, 3.8) is 0 Å². The van der Waals surface area contributed by atoms with Crippen LogP contribution in [0, 0.1) is 0 Å². The van der Waals surface area contributed by atoms with Gasteiger partial charge in [0, 0.05) is 5.56 Å². The molecule has 0 unspecified atom stereocenters. The van der Waals surface area contributed by atoms with Gasteiger partial charge in [-0.1, -0.05) is 42.5 Å². The Kier molecular flexibility index (Phi) is 6.84. The zero-order valence-electron chi connectivity index (χ0n) is 16.1. The lowest BCUT2D eigenvalue weighted by molar-refractivity contribution is -0.121. The Bertz CT molecular complexity index is 939. The van der Waals surface area contributed by atoms with Crippen LogP contribution in [-0.2, 0) is 17.8 Å². The molecule has 3 aromatic carbocycles. The Morgan fingerprint density at radius 2 is 1.41 bits per heavy atom. The molecule has 0 atom stereocenters. The average Bonchev–Trinajstić information content (AvgIpc) is 2.77. The molecule has 148 valence electrons. The van der Waals surface area contributed by atoms with E-state index in [1.807, 2.05) is 30.3 Å². The minimum absolute atomic E-state index is 0.149. The van der Waals surface area contributed by atoms with Crippen LogP contribution in [0.3, 0.4) is 0 Å². The van der Waals surface area contributed by atoms with E-state index in [1.54, 1.807) is 55.6 Å². The summed E-state index contributed by atoms with van der Waals surface area (Å²) in [5.74, 6) is 0.668. The number of hydrazine groups is 1. The van der Waals surface area contributed by atoms with Crippen LogP contribution >= 0.6 is 0 Å². The highest BCUT2D eigenvalue weighted by molar-refractivity contribution is 5.95. The lowest BCUT2D eigenvalue weighted by Crippen LogP contribution is -2.42. The summed E-state index contributed by atoms with van der Waals surface area (Å²) in [7, 11) is 1.58. The van der Waals surface area contributed by atoms with Gasteiger partial charge in [0.25, 0.3) is 5.91 Å². The van der Waals surface area contributed by atoms with Crippen LogP contribution in [-0.4, -0.2) is 18.9 Å². The largest absolute Gasteiger partial charge is 0.497 e. The second-order valence-electron chi connectivity index (χ2n) is 6.33. The molecular weight excluding hydrogens is 368 g/mol. The molecule has 3 rings (SSSR count). The molecule has 6 nitrogen and oxygen atoms in total. The number of hydrogen-bond acceptors (Lipinski definition) is 4. The normalized spacial score (nSPS) is 10.1. The smallest absolute Gasteiger partial charge is 0.269 e. The predicted octanol–water partition coefficient (Wildman–Crippen LogP) is 3.28. The lowest BCUT2D eigenvalue weighted by atomic mass is 10.1. The van der Waals surface area contributed by atoms with E-state index in [1.165, 1.54) is 0 Å². The van der Waals surface area contributed by atoms with Gasteiger partial charge in [-0.2, -0.15) is 0 Å². The summed E-state index contributed by atoms with van der Waals surface area (Å²) in [5, 5.41) is 0. The van der Waals surface area contributed by atoms with Gasteiger partial charge in [0.1, 0.15) is 18.1 Å². The SMILES string of the molecule is COc1ccc(CC(=O)NNC(=O)c2ccc(OCc3ccccc3)cc2)cc1. The highest BCUT2D eigenvalue weighted by Gasteiger charge is 2.08. The first-order valence-electron chi connectivity index (χ1n) is 9.13. The Balaban J connectivity index is 1.45. The van der Waals surface area contributed by atoms with E-state index in [4.69, 9.17) is 9.47 Å². The van der Waals surface area contributed by atoms with Gasteiger partial charge < -0.3 is 9.47 Å². The van der Waals surface area contributed by atoms with Gasteiger partial charge in [-0.3, -0.25) is 20.4 Å². The lowest BCUT2D eigenvalue weighted by Gasteiger charge is -2.09. The zero-order valence-corrected chi connectivity index (χ0v) is 16.1. The molecular formula is C23H22N2O4. The molecule has 0 aromatic heterocycles. The summed E-state index contributed by atoms with van der Waals surface area (Å²) in [6, 6.07) is 23.7. The summed E-state index contributed by atoms with van der Waals surface area (Å²) in [5.41, 5.74) is 7.13. The number of ether oxygens (including phenoxy) is 2. The maximum atomic E-state index is 12.2. The van der Waals surface area contributed by atoms with Gasteiger partial charge in [-0.25, -0.2) is 0 Å². The molecule has 0 saturated heterocycles. The molecule has 2 amide bonds. The molecule has 0 spiro atoms. The van der Waals surface area contributed by atoms with Gasteiger partial charge in [0.05, 0.1) is 13.5 Å². The van der Waals surface area contributed by atoms with E-state index in [-0.39, 0.29) is 12.3 Å². The highest BCUT2D eigenvalue weighted by atomic mass is 16.5. The number of rotatable bonds is 7. The van der Waals surface area contributed by atoms with Crippen LogP contribution in [0.4, 0.5) is 0 Å². The quantitative estimate of drug-likeness (QED) is 0.607. The molecule has 0 fully saturated rings. The van der Waals surface area contributed by atoms with Gasteiger partial charge in [0.15, 0.2) is 0 Å². The Hall–Kier alpha value is -3.80. The molecule has 0 bridgehead atoms. The third-order valence-electron chi connectivity index (χ3n) is 4.20. The monoisotopic (exact) mass is 390 g/mol. The van der Waals surface area contributed by atoms with Crippen LogP contribution in [0.2, 0.25) is 0 Å². The topological polar surface area (TPSA) is 76.7 Å². The van der Waals surface area contributed by atoms with Crippen molar-refractivity contribution >= 4 is 11.8 Å². The number of nitrogens with one attached hydrogen (secondary N) is 2. The van der Waals surface area contributed by atoms with Crippen molar-refractivity contribution in [3.8, 4) is 11.5 Å². The van der Waals surface area contributed by atoms with Crippen molar-refractivity contribution in [3.05, 3.63) is 95.6 Å². The number of carbonyl (C=O) groups is 2. The molecule has 0 saturated carbocycles. The van der Waals surface area contributed by atoms with Gasteiger partial charge in [-0.15, -0.1) is 0 Å². The van der Waals surface area contributed by atoms with Crippen molar-refractivity contribution < 1.29 is 19.1 Å². The molecule has 0 aliphatic rings. The fourth-order valence-electron chi connectivity index (χ4n) is 2.62. The maximum Gasteiger partial charge on any atom is 0.269 e. The minimum atomic E-state index is -0.400. The summed E-state index contributed by atoms with van der Waals surface area (Å²) in [6.45, 7) is 0.452. The predicted molar refractivity (Wildman–Crippen MR) is 110 cm³/mol. The second-order valence-corrected chi connectivity index (χ2v) is 6.33. The second kappa shape index (κ2) is 9.94. The first kappa shape index (κ1) is 19.9. The molecule has 0 radical (unpaired) electrons. The third-order valence-corrected chi connectivity index (χ3v) is 4.20. The zero-order chi connectivity index (χ0) is 20.5. The molecule has 2 N–H and O–H groups in total. The summed E-state index contributed by atoms with van der Waals surface area (Å²) in [6.07, 6.45) is 0.149. The minimum Gasteiger partial charge on any atom is -0.497 e. The fraction of sp³-hybridized carbons (Fsp3) is 0.130. The Morgan fingerprint density at radius 1 is 0.759 bits per heavy atom. The molecule has 3 aromatic rings. The maximum absolute atomic E-state index is 12.2. The van der Waals surface area contributed by atoms with E-state index in [2.05, 4.69) is 10.9 Å². The van der Waals surface area contributed by atoms with E-state index < -0.39 is 5.91 Å². The van der Waals surface area contributed by atoms with Gasteiger partial charge in [0.2, 0.25) is 5.91 Å². The van der Waals surface area contributed by atoms with E-state index >= 15 is 0 Å². The van der Waals surface area contributed by atoms with Crippen LogP contribution in [0.5, 0.6) is 11.5 Å². The van der Waals surface area contributed by atoms with Crippen molar-refractivity contribution in [2.45, 2.75) is 13.0 Å². The Labute approximate surface area is 169 Å². The molecule has 0 aliphatic heterocycles. The van der Waals surface area contributed by atoms with Crippen molar-refractivity contribution in [2.75, 3.05) is 7.11 Å². The molecule has 29 heavy (non-hydrogen) atoms. The van der Waals surface area contributed by atoms with Gasteiger partial charge in [-0.05, 0) is 47.5 Å². The van der Waals surface area contributed by atoms with E-state index in [0.717, 1.165) is 16.9 Å². The van der Waals surface area contributed by atoms with Crippen molar-refractivity contribution in [1.82, 2.24) is 10.9 Å². The van der Waals surface area contributed by atoms with Crippen molar-refractivity contribution in [1.29, 1.82) is 0 Å². The van der Waals surface area contributed by atoms with Crippen LogP contribution < -0.4 is 20.3 Å². The highest BCUT2D eigenvalue weighted by Crippen LogP contribution is 2.14. The standard InChI is InChI=1S/C23H22N2O4/c1-28-20-11-7-17(8-12-20)15-22(26)24-25-23(27)19-9-13-21(14-10-19)29-16-18-5-3-2-4-6-18/h2-14H,15-16H2,1H3,(H,24,26)(H,25,27). The number of amides is 2. The first-order valence-corrected chi connectivity index (χ1v) is 9.13. The van der Waals surface area contributed by atoms with Gasteiger partial charge >= 0.3 is 0 Å². The van der Waals surface area contributed by atoms with Crippen molar-refractivity contribution in [2.24, 2.45) is 0 Å².